The second kappa shape index (κ2) is 9.70. The van der Waals surface area contributed by atoms with Crippen LogP contribution < -0.4 is 4.90 Å². The molecule has 0 unspecified atom stereocenters. The van der Waals surface area contributed by atoms with E-state index < -0.39 is 5.97 Å². The van der Waals surface area contributed by atoms with E-state index in [1.54, 1.807) is 6.07 Å². The molecule has 0 spiro atoms. The van der Waals surface area contributed by atoms with Gasteiger partial charge < -0.3 is 10.0 Å². The Bertz CT molecular complexity index is 1430. The van der Waals surface area contributed by atoms with E-state index in [0.717, 1.165) is 41.9 Å². The van der Waals surface area contributed by atoms with Crippen molar-refractivity contribution in [2.24, 2.45) is 0 Å². The molecule has 1 aliphatic heterocycles. The largest absolute Gasteiger partial charge is 0.477 e. The molecular formula is C31H24N2O2. The number of fused-ring (bicyclic) bond motifs is 1. The van der Waals surface area contributed by atoms with Gasteiger partial charge in [0.15, 0.2) is 0 Å². The van der Waals surface area contributed by atoms with E-state index in [0.29, 0.717) is 0 Å². The quantitative estimate of drug-likeness (QED) is 0.257. The number of nitriles is 1. The molecule has 0 saturated heterocycles. The minimum atomic E-state index is -1.21. The van der Waals surface area contributed by atoms with E-state index in [9.17, 15) is 4.79 Å². The van der Waals surface area contributed by atoms with Gasteiger partial charge in [-0.1, -0.05) is 72.8 Å². The molecule has 4 heteroatoms. The fourth-order valence-corrected chi connectivity index (χ4v) is 4.60. The summed E-state index contributed by atoms with van der Waals surface area (Å²) in [5.74, 6) is -1.21. The second-order valence-corrected chi connectivity index (χ2v) is 8.61. The minimum Gasteiger partial charge on any atom is -0.477 e. The number of aryl methyl sites for hydroxylation is 1. The number of hydrogen-bond acceptors (Lipinski definition) is 3. The number of hydrogen-bond donors (Lipinski definition) is 1. The van der Waals surface area contributed by atoms with Crippen molar-refractivity contribution < 1.29 is 9.90 Å². The zero-order valence-corrected chi connectivity index (χ0v) is 19.2. The molecule has 5 rings (SSSR count). The van der Waals surface area contributed by atoms with Crippen LogP contribution in [0.5, 0.6) is 0 Å². The van der Waals surface area contributed by atoms with Gasteiger partial charge in [-0.25, -0.2) is 4.79 Å². The molecule has 35 heavy (non-hydrogen) atoms. The first-order valence-electron chi connectivity index (χ1n) is 11.6. The average Bonchev–Trinajstić information content (AvgIpc) is 2.92. The number of carbonyl (C=O) groups is 1. The van der Waals surface area contributed by atoms with Gasteiger partial charge in [0.05, 0.1) is 0 Å². The van der Waals surface area contributed by atoms with Crippen LogP contribution in [0.1, 0.15) is 17.5 Å². The van der Waals surface area contributed by atoms with E-state index >= 15 is 0 Å². The summed E-state index contributed by atoms with van der Waals surface area (Å²) >= 11 is 0. The Morgan fingerprint density at radius 3 is 2.03 bits per heavy atom. The van der Waals surface area contributed by atoms with Gasteiger partial charge in [-0.3, -0.25) is 0 Å². The fourth-order valence-electron chi connectivity index (χ4n) is 4.60. The standard InChI is InChI=1S/C31H24N2O2/c32-21-28(31(34)35)20-22-8-17-30-27(19-22)7-4-18-33(30)29-15-13-26(14-16-29)25-11-9-24(10-12-25)23-5-2-1-3-6-23/h1-3,5-6,8-17,19-20H,4,7,18H2,(H,34,35). The fraction of sp³-hybridized carbons (Fsp3) is 0.0968. The summed E-state index contributed by atoms with van der Waals surface area (Å²) in [6, 6.07) is 35.3. The molecule has 4 nitrogen and oxygen atoms in total. The summed E-state index contributed by atoms with van der Waals surface area (Å²) in [7, 11) is 0. The smallest absolute Gasteiger partial charge is 0.346 e. The van der Waals surface area contributed by atoms with Gasteiger partial charge in [-0.15, -0.1) is 0 Å². The molecule has 0 amide bonds. The first-order valence-corrected chi connectivity index (χ1v) is 11.6. The first kappa shape index (κ1) is 22.2. The number of aliphatic carboxylic acids is 1. The molecule has 0 atom stereocenters. The second-order valence-electron chi connectivity index (χ2n) is 8.61. The number of carboxylic acids is 1. The molecule has 1 heterocycles. The van der Waals surface area contributed by atoms with Crippen molar-refractivity contribution in [3.8, 4) is 28.3 Å². The van der Waals surface area contributed by atoms with E-state index in [1.165, 1.54) is 28.3 Å². The summed E-state index contributed by atoms with van der Waals surface area (Å²) in [6.45, 7) is 0.922. The number of carboxylic acid groups (broad SMARTS) is 1. The maximum absolute atomic E-state index is 11.2. The third kappa shape index (κ3) is 4.71. The summed E-state index contributed by atoms with van der Waals surface area (Å²) in [5.41, 5.74) is 8.66. The zero-order chi connectivity index (χ0) is 24.2. The normalized spacial score (nSPS) is 13.1. The van der Waals surface area contributed by atoms with E-state index in [2.05, 4.69) is 77.7 Å². The molecule has 0 saturated carbocycles. The molecule has 1 aliphatic rings. The van der Waals surface area contributed by atoms with Crippen molar-refractivity contribution in [3.63, 3.8) is 0 Å². The minimum absolute atomic E-state index is 0.259. The SMILES string of the molecule is N#CC(=Cc1ccc2c(c1)CCCN2c1ccc(-c2ccc(-c3ccccc3)cc2)cc1)C(=O)O. The van der Waals surface area contributed by atoms with Crippen LogP contribution in [0.4, 0.5) is 11.4 Å². The Morgan fingerprint density at radius 1 is 0.829 bits per heavy atom. The molecule has 170 valence electrons. The highest BCUT2D eigenvalue weighted by Gasteiger charge is 2.19. The van der Waals surface area contributed by atoms with Gasteiger partial charge in [0.2, 0.25) is 0 Å². The van der Waals surface area contributed by atoms with Crippen LogP contribution in [0.2, 0.25) is 0 Å². The van der Waals surface area contributed by atoms with Crippen LogP contribution in [0.25, 0.3) is 28.3 Å². The van der Waals surface area contributed by atoms with Crippen LogP contribution in [-0.2, 0) is 11.2 Å². The molecule has 4 aromatic carbocycles. The maximum atomic E-state index is 11.2. The van der Waals surface area contributed by atoms with Crippen molar-refractivity contribution in [2.45, 2.75) is 12.8 Å². The summed E-state index contributed by atoms with van der Waals surface area (Å²) in [4.78, 5) is 13.5. The van der Waals surface area contributed by atoms with E-state index in [1.807, 2.05) is 24.3 Å². The van der Waals surface area contributed by atoms with Crippen molar-refractivity contribution in [1.29, 1.82) is 5.26 Å². The molecule has 0 aliphatic carbocycles. The molecule has 0 radical (unpaired) electrons. The Morgan fingerprint density at radius 2 is 1.43 bits per heavy atom. The predicted octanol–water partition coefficient (Wildman–Crippen LogP) is 7.10. The summed E-state index contributed by atoms with van der Waals surface area (Å²) < 4.78 is 0. The molecular weight excluding hydrogens is 432 g/mol. The van der Waals surface area contributed by atoms with Crippen molar-refractivity contribution in [1.82, 2.24) is 0 Å². The lowest BCUT2D eigenvalue weighted by atomic mass is 9.97. The lowest BCUT2D eigenvalue weighted by molar-refractivity contribution is -0.132. The van der Waals surface area contributed by atoms with Crippen LogP contribution in [0, 0.1) is 11.3 Å². The van der Waals surface area contributed by atoms with Gasteiger partial charge in [-0.05, 0) is 76.6 Å². The predicted molar refractivity (Wildman–Crippen MR) is 140 cm³/mol. The van der Waals surface area contributed by atoms with Crippen molar-refractivity contribution in [2.75, 3.05) is 11.4 Å². The summed E-state index contributed by atoms with van der Waals surface area (Å²) in [6.07, 6.45) is 3.36. The van der Waals surface area contributed by atoms with Gasteiger partial charge in [-0.2, -0.15) is 5.26 Å². The monoisotopic (exact) mass is 456 g/mol. The topological polar surface area (TPSA) is 64.3 Å². The van der Waals surface area contributed by atoms with Crippen LogP contribution in [0.15, 0.2) is 103 Å². The maximum Gasteiger partial charge on any atom is 0.346 e. The highest BCUT2D eigenvalue weighted by Crippen LogP contribution is 2.35. The van der Waals surface area contributed by atoms with Gasteiger partial charge >= 0.3 is 5.97 Å². The lowest BCUT2D eigenvalue weighted by Gasteiger charge is -2.31. The third-order valence-electron chi connectivity index (χ3n) is 6.39. The van der Waals surface area contributed by atoms with Crippen LogP contribution >= 0.6 is 0 Å². The molecule has 1 N–H and O–H groups in total. The summed E-state index contributed by atoms with van der Waals surface area (Å²) in [5, 5.41) is 18.2. The average molecular weight is 457 g/mol. The highest BCUT2D eigenvalue weighted by molar-refractivity contribution is 5.96. The molecule has 0 fully saturated rings. The van der Waals surface area contributed by atoms with Gasteiger partial charge in [0, 0.05) is 17.9 Å². The Labute approximate surface area is 205 Å². The number of benzene rings is 4. The third-order valence-corrected chi connectivity index (χ3v) is 6.39. The van der Waals surface area contributed by atoms with Gasteiger partial charge in [0.1, 0.15) is 11.6 Å². The van der Waals surface area contributed by atoms with Gasteiger partial charge in [0.25, 0.3) is 0 Å². The first-order chi connectivity index (χ1) is 17.1. The Balaban J connectivity index is 1.38. The Kier molecular flexibility index (Phi) is 6.15. The van der Waals surface area contributed by atoms with E-state index in [4.69, 9.17) is 10.4 Å². The van der Waals surface area contributed by atoms with Crippen molar-refractivity contribution in [3.05, 3.63) is 114 Å². The number of anilines is 2. The highest BCUT2D eigenvalue weighted by atomic mass is 16.4. The zero-order valence-electron chi connectivity index (χ0n) is 19.2. The lowest BCUT2D eigenvalue weighted by Crippen LogP contribution is -2.24. The van der Waals surface area contributed by atoms with Crippen LogP contribution in [0.3, 0.4) is 0 Å². The molecule has 0 aromatic heterocycles. The Hall–Kier alpha value is -4.62. The number of nitrogens with zero attached hydrogens (tertiary/aromatic N) is 2. The van der Waals surface area contributed by atoms with Crippen LogP contribution in [-0.4, -0.2) is 17.6 Å². The number of rotatable bonds is 5. The molecule has 4 aromatic rings. The van der Waals surface area contributed by atoms with Crippen molar-refractivity contribution >= 4 is 23.4 Å². The van der Waals surface area contributed by atoms with E-state index in [-0.39, 0.29) is 5.57 Å². The molecule has 0 bridgehead atoms.